The number of furan rings is 1. The summed E-state index contributed by atoms with van der Waals surface area (Å²) in [7, 11) is 0. The van der Waals surface area contributed by atoms with Crippen LogP contribution in [0.1, 0.15) is 43.7 Å². The van der Waals surface area contributed by atoms with Gasteiger partial charge in [-0.3, -0.25) is 9.59 Å². The molecule has 6 heteroatoms. The number of carbonyl (C=O) groups is 2. The molecule has 116 valence electrons. The molecule has 1 aliphatic heterocycles. The van der Waals surface area contributed by atoms with Crippen LogP contribution in [0, 0.1) is 0 Å². The molecule has 0 bridgehead atoms. The van der Waals surface area contributed by atoms with Crippen molar-refractivity contribution in [1.82, 2.24) is 10.2 Å². The molecule has 1 fully saturated rings. The van der Waals surface area contributed by atoms with Crippen LogP contribution in [-0.4, -0.2) is 41.4 Å². The van der Waals surface area contributed by atoms with E-state index in [4.69, 9.17) is 10.2 Å². The summed E-state index contributed by atoms with van der Waals surface area (Å²) in [6, 6.07) is 2.84. The third-order valence-corrected chi connectivity index (χ3v) is 3.52. The predicted molar refractivity (Wildman–Crippen MR) is 78.7 cm³/mol. The average molecular weight is 293 g/mol. The standard InChI is InChI=1S/C15H23N3O3/c1-15(2,16)10-17-13(19)11-6-3-4-8-18(11)14(20)12-7-5-9-21-12/h5,7,9,11H,3-4,6,8,10,16H2,1-2H3,(H,17,19). The molecule has 1 aromatic rings. The van der Waals surface area contributed by atoms with Crippen molar-refractivity contribution in [2.24, 2.45) is 5.73 Å². The van der Waals surface area contributed by atoms with E-state index in [2.05, 4.69) is 5.32 Å². The molecule has 1 aromatic heterocycles. The predicted octanol–water partition coefficient (Wildman–Crippen LogP) is 1.13. The van der Waals surface area contributed by atoms with Crippen LogP contribution in [0.4, 0.5) is 0 Å². The molecule has 2 heterocycles. The van der Waals surface area contributed by atoms with Gasteiger partial charge in [-0.15, -0.1) is 0 Å². The second-order valence-corrected chi connectivity index (χ2v) is 6.19. The monoisotopic (exact) mass is 293 g/mol. The van der Waals surface area contributed by atoms with Crippen molar-refractivity contribution in [3.63, 3.8) is 0 Å². The van der Waals surface area contributed by atoms with E-state index < -0.39 is 11.6 Å². The van der Waals surface area contributed by atoms with Gasteiger partial charge in [-0.1, -0.05) is 0 Å². The highest BCUT2D eigenvalue weighted by atomic mass is 16.3. The van der Waals surface area contributed by atoms with E-state index in [1.54, 1.807) is 17.0 Å². The second kappa shape index (κ2) is 6.30. The molecule has 3 N–H and O–H groups in total. The summed E-state index contributed by atoms with van der Waals surface area (Å²) in [5.41, 5.74) is 5.40. The molecule has 0 radical (unpaired) electrons. The van der Waals surface area contributed by atoms with Crippen LogP contribution < -0.4 is 11.1 Å². The quantitative estimate of drug-likeness (QED) is 0.871. The number of nitrogens with zero attached hydrogens (tertiary/aromatic N) is 1. The van der Waals surface area contributed by atoms with E-state index in [0.717, 1.165) is 12.8 Å². The molecule has 0 aliphatic carbocycles. The van der Waals surface area contributed by atoms with Gasteiger partial charge in [0.15, 0.2) is 5.76 Å². The first-order valence-corrected chi connectivity index (χ1v) is 7.29. The Morgan fingerprint density at radius 1 is 1.48 bits per heavy atom. The maximum Gasteiger partial charge on any atom is 0.290 e. The molecule has 1 saturated heterocycles. The Morgan fingerprint density at radius 3 is 2.86 bits per heavy atom. The van der Waals surface area contributed by atoms with Crippen molar-refractivity contribution in [2.75, 3.05) is 13.1 Å². The van der Waals surface area contributed by atoms with Gasteiger partial charge in [0.25, 0.3) is 5.91 Å². The SMILES string of the molecule is CC(C)(N)CNC(=O)C1CCCCN1C(=O)c1ccco1. The van der Waals surface area contributed by atoms with Gasteiger partial charge in [-0.2, -0.15) is 0 Å². The van der Waals surface area contributed by atoms with Crippen molar-refractivity contribution < 1.29 is 14.0 Å². The fraction of sp³-hybridized carbons (Fsp3) is 0.600. The number of nitrogens with two attached hydrogens (primary N) is 1. The molecule has 1 aliphatic rings. The Labute approximate surface area is 124 Å². The minimum absolute atomic E-state index is 0.145. The number of likely N-dealkylation sites (tertiary alicyclic amines) is 1. The largest absolute Gasteiger partial charge is 0.459 e. The molecule has 0 aromatic carbocycles. The van der Waals surface area contributed by atoms with Gasteiger partial charge in [0, 0.05) is 18.6 Å². The summed E-state index contributed by atoms with van der Waals surface area (Å²) in [4.78, 5) is 26.3. The first-order chi connectivity index (χ1) is 9.88. The minimum Gasteiger partial charge on any atom is -0.459 e. The number of hydrogen-bond acceptors (Lipinski definition) is 4. The average Bonchev–Trinajstić information content (AvgIpc) is 2.97. The first kappa shape index (κ1) is 15.6. The number of piperidine rings is 1. The smallest absolute Gasteiger partial charge is 0.290 e. The van der Waals surface area contributed by atoms with Crippen LogP contribution in [0.3, 0.4) is 0 Å². The second-order valence-electron chi connectivity index (χ2n) is 6.19. The van der Waals surface area contributed by atoms with Gasteiger partial charge in [-0.25, -0.2) is 0 Å². The Morgan fingerprint density at radius 2 is 2.24 bits per heavy atom. The zero-order valence-corrected chi connectivity index (χ0v) is 12.6. The van der Waals surface area contributed by atoms with Crippen molar-refractivity contribution in [1.29, 1.82) is 0 Å². The zero-order valence-electron chi connectivity index (χ0n) is 12.6. The molecule has 1 atom stereocenters. The van der Waals surface area contributed by atoms with Crippen molar-refractivity contribution >= 4 is 11.8 Å². The first-order valence-electron chi connectivity index (χ1n) is 7.29. The van der Waals surface area contributed by atoms with Crippen LogP contribution in [0.2, 0.25) is 0 Å². The van der Waals surface area contributed by atoms with E-state index in [0.29, 0.717) is 19.5 Å². The fourth-order valence-electron chi connectivity index (χ4n) is 2.42. The number of hydrogen-bond donors (Lipinski definition) is 2. The van der Waals surface area contributed by atoms with Crippen LogP contribution in [-0.2, 0) is 4.79 Å². The summed E-state index contributed by atoms with van der Waals surface area (Å²) in [5.74, 6) is -0.103. The van der Waals surface area contributed by atoms with Gasteiger partial charge in [0.05, 0.1) is 6.26 Å². The molecule has 0 spiro atoms. The third-order valence-electron chi connectivity index (χ3n) is 3.52. The van der Waals surface area contributed by atoms with E-state index >= 15 is 0 Å². The third kappa shape index (κ3) is 4.07. The Hall–Kier alpha value is -1.82. The van der Waals surface area contributed by atoms with Gasteiger partial charge in [0.2, 0.25) is 5.91 Å². The van der Waals surface area contributed by atoms with Crippen molar-refractivity contribution in [3.8, 4) is 0 Å². The highest BCUT2D eigenvalue weighted by Gasteiger charge is 2.33. The van der Waals surface area contributed by atoms with E-state index in [-0.39, 0.29) is 17.6 Å². The number of amides is 2. The molecule has 2 rings (SSSR count). The van der Waals surface area contributed by atoms with Gasteiger partial charge in [0.1, 0.15) is 6.04 Å². The number of rotatable bonds is 4. The van der Waals surface area contributed by atoms with Gasteiger partial charge < -0.3 is 20.4 Å². The summed E-state index contributed by atoms with van der Waals surface area (Å²) >= 11 is 0. The summed E-state index contributed by atoms with van der Waals surface area (Å²) < 4.78 is 5.15. The molecule has 2 amide bonds. The lowest BCUT2D eigenvalue weighted by Crippen LogP contribution is -2.54. The van der Waals surface area contributed by atoms with Crippen molar-refractivity contribution in [2.45, 2.75) is 44.7 Å². The van der Waals surface area contributed by atoms with Gasteiger partial charge >= 0.3 is 0 Å². The normalized spacial score (nSPS) is 19.4. The maximum absolute atomic E-state index is 12.4. The Kier molecular flexibility index (Phi) is 4.67. The Bertz CT molecular complexity index is 491. The molecule has 1 unspecified atom stereocenters. The van der Waals surface area contributed by atoms with Crippen LogP contribution in [0.15, 0.2) is 22.8 Å². The molecule has 0 saturated carbocycles. The van der Waals surface area contributed by atoms with Crippen LogP contribution >= 0.6 is 0 Å². The summed E-state index contributed by atoms with van der Waals surface area (Å²) in [6.07, 6.45) is 3.97. The fourth-order valence-corrected chi connectivity index (χ4v) is 2.42. The van der Waals surface area contributed by atoms with Crippen molar-refractivity contribution in [3.05, 3.63) is 24.2 Å². The summed E-state index contributed by atoms with van der Waals surface area (Å²) in [5, 5.41) is 2.83. The zero-order chi connectivity index (χ0) is 15.5. The molecular formula is C15H23N3O3. The topological polar surface area (TPSA) is 88.6 Å². The van der Waals surface area contributed by atoms with Crippen LogP contribution in [0.5, 0.6) is 0 Å². The maximum atomic E-state index is 12.4. The van der Waals surface area contributed by atoms with E-state index in [1.807, 2.05) is 13.8 Å². The minimum atomic E-state index is -0.472. The highest BCUT2D eigenvalue weighted by Crippen LogP contribution is 2.20. The van der Waals surface area contributed by atoms with E-state index in [1.165, 1.54) is 6.26 Å². The molecular weight excluding hydrogens is 270 g/mol. The lowest BCUT2D eigenvalue weighted by molar-refractivity contribution is -0.126. The Balaban J connectivity index is 2.05. The lowest BCUT2D eigenvalue weighted by Gasteiger charge is -2.34. The number of nitrogens with one attached hydrogen (secondary N) is 1. The van der Waals surface area contributed by atoms with E-state index in [9.17, 15) is 9.59 Å². The lowest BCUT2D eigenvalue weighted by atomic mass is 10.00. The van der Waals surface area contributed by atoms with Gasteiger partial charge in [-0.05, 0) is 45.2 Å². The number of carbonyl (C=O) groups excluding carboxylic acids is 2. The van der Waals surface area contributed by atoms with Crippen LogP contribution in [0.25, 0.3) is 0 Å². The summed E-state index contributed by atoms with van der Waals surface area (Å²) in [6.45, 7) is 4.65. The highest BCUT2D eigenvalue weighted by molar-refractivity contribution is 5.95. The molecule has 6 nitrogen and oxygen atoms in total. The molecule has 21 heavy (non-hydrogen) atoms.